The number of carbonyl (C=O) groups excluding carboxylic acids is 1. The third kappa shape index (κ3) is 4.55. The van der Waals surface area contributed by atoms with Crippen LogP contribution in [0, 0.1) is 0 Å². The number of piperidine rings is 1. The molecule has 0 aromatic carbocycles. The van der Waals surface area contributed by atoms with Crippen molar-refractivity contribution in [3.05, 3.63) is 0 Å². The van der Waals surface area contributed by atoms with E-state index in [4.69, 9.17) is 0 Å². The van der Waals surface area contributed by atoms with Crippen molar-refractivity contribution in [1.29, 1.82) is 0 Å². The molecule has 0 amide bonds. The van der Waals surface area contributed by atoms with Crippen molar-refractivity contribution in [2.75, 3.05) is 33.3 Å². The summed E-state index contributed by atoms with van der Waals surface area (Å²) in [5.74, 6) is -0.597. The molecule has 2 unspecified atom stereocenters. The van der Waals surface area contributed by atoms with E-state index in [1.807, 2.05) is 0 Å². The molecule has 0 bridgehead atoms. The van der Waals surface area contributed by atoms with Crippen LogP contribution in [0.2, 0.25) is 0 Å². The van der Waals surface area contributed by atoms with Crippen molar-refractivity contribution >= 4 is 5.97 Å². The van der Waals surface area contributed by atoms with Gasteiger partial charge >= 0.3 is 5.97 Å². The van der Waals surface area contributed by atoms with Crippen LogP contribution in [0.15, 0.2) is 0 Å². The molecule has 1 rings (SSSR count). The Morgan fingerprint density at radius 3 is 2.61 bits per heavy atom. The summed E-state index contributed by atoms with van der Waals surface area (Å²) in [6.45, 7) is 6.93. The van der Waals surface area contributed by atoms with Crippen LogP contribution in [-0.4, -0.2) is 60.9 Å². The van der Waals surface area contributed by atoms with Crippen LogP contribution >= 0.6 is 0 Å². The molecule has 0 aliphatic carbocycles. The normalized spacial score (nSPS) is 22.2. The first-order valence-electron chi connectivity index (χ1n) is 6.73. The van der Waals surface area contributed by atoms with Crippen LogP contribution in [0.25, 0.3) is 0 Å². The van der Waals surface area contributed by atoms with Gasteiger partial charge in [0.2, 0.25) is 0 Å². The van der Waals surface area contributed by atoms with Gasteiger partial charge < -0.3 is 15.2 Å². The molecule has 1 saturated heterocycles. The minimum Gasteiger partial charge on any atom is -0.467 e. The molecule has 106 valence electrons. The van der Waals surface area contributed by atoms with Crippen LogP contribution in [-0.2, 0) is 9.53 Å². The van der Waals surface area contributed by atoms with Crippen molar-refractivity contribution in [1.82, 2.24) is 10.2 Å². The van der Waals surface area contributed by atoms with Crippen molar-refractivity contribution < 1.29 is 14.6 Å². The van der Waals surface area contributed by atoms with E-state index in [9.17, 15) is 9.90 Å². The topological polar surface area (TPSA) is 61.8 Å². The molecule has 0 aromatic rings. The second-order valence-corrected chi connectivity index (χ2v) is 5.34. The van der Waals surface area contributed by atoms with E-state index in [1.165, 1.54) is 33.3 Å². The molecule has 1 heterocycles. The average Bonchev–Trinajstić information content (AvgIpc) is 2.38. The van der Waals surface area contributed by atoms with Crippen LogP contribution in [0.3, 0.4) is 0 Å². The first-order valence-corrected chi connectivity index (χ1v) is 6.73. The monoisotopic (exact) mass is 258 g/mol. The van der Waals surface area contributed by atoms with E-state index in [1.54, 1.807) is 0 Å². The van der Waals surface area contributed by atoms with E-state index in [-0.39, 0.29) is 6.54 Å². The molecule has 1 aliphatic rings. The van der Waals surface area contributed by atoms with Crippen LogP contribution in [0.1, 0.15) is 33.1 Å². The summed E-state index contributed by atoms with van der Waals surface area (Å²) in [7, 11) is 1.28. The Balaban J connectivity index is 2.25. The van der Waals surface area contributed by atoms with Gasteiger partial charge in [-0.25, -0.2) is 4.79 Å². The first-order chi connectivity index (χ1) is 8.47. The molecule has 5 nitrogen and oxygen atoms in total. The molecule has 0 aromatic heterocycles. The maximum absolute atomic E-state index is 11.3. The highest BCUT2D eigenvalue weighted by Gasteiger charge is 2.31. The molecule has 5 heteroatoms. The summed E-state index contributed by atoms with van der Waals surface area (Å²) in [6.07, 6.45) is 3.86. The summed E-state index contributed by atoms with van der Waals surface area (Å²) in [6, 6.07) is 0.429. The molecule has 0 saturated carbocycles. The lowest BCUT2D eigenvalue weighted by Crippen LogP contribution is -2.49. The van der Waals surface area contributed by atoms with E-state index in [2.05, 4.69) is 21.9 Å². The van der Waals surface area contributed by atoms with Gasteiger partial charge in [0, 0.05) is 19.1 Å². The number of methoxy groups -OCH3 is 1. The number of hydrogen-bond acceptors (Lipinski definition) is 5. The maximum atomic E-state index is 11.3. The molecule has 1 aliphatic heterocycles. The van der Waals surface area contributed by atoms with Gasteiger partial charge in [0.25, 0.3) is 0 Å². The van der Waals surface area contributed by atoms with E-state index in [0.29, 0.717) is 6.04 Å². The number of nitrogens with one attached hydrogen (secondary N) is 1. The predicted molar refractivity (Wildman–Crippen MR) is 70.4 cm³/mol. The molecule has 2 N–H and O–H groups in total. The molecular weight excluding hydrogens is 232 g/mol. The lowest BCUT2D eigenvalue weighted by atomic mass is 10.1. The summed E-state index contributed by atoms with van der Waals surface area (Å²) in [4.78, 5) is 13.7. The SMILES string of the molecule is COC(=O)C(C)(O)CNCC(C)N1CCCCC1. The zero-order valence-corrected chi connectivity index (χ0v) is 11.7. The van der Waals surface area contributed by atoms with Crippen LogP contribution in [0.5, 0.6) is 0 Å². The molecule has 18 heavy (non-hydrogen) atoms. The van der Waals surface area contributed by atoms with Crippen molar-refractivity contribution in [2.24, 2.45) is 0 Å². The van der Waals surface area contributed by atoms with Crippen LogP contribution < -0.4 is 5.32 Å². The van der Waals surface area contributed by atoms with Gasteiger partial charge in [-0.15, -0.1) is 0 Å². The maximum Gasteiger partial charge on any atom is 0.338 e. The van der Waals surface area contributed by atoms with Gasteiger partial charge in [0.1, 0.15) is 0 Å². The number of rotatable bonds is 6. The summed E-state index contributed by atoms with van der Waals surface area (Å²) in [5.41, 5.74) is -1.45. The second kappa shape index (κ2) is 7.07. The Morgan fingerprint density at radius 1 is 1.44 bits per heavy atom. The molecule has 1 fully saturated rings. The third-order valence-corrected chi connectivity index (χ3v) is 3.55. The van der Waals surface area contributed by atoms with E-state index < -0.39 is 11.6 Å². The Hall–Kier alpha value is -0.650. The fraction of sp³-hybridized carbons (Fsp3) is 0.923. The van der Waals surface area contributed by atoms with Gasteiger partial charge in [-0.1, -0.05) is 6.42 Å². The second-order valence-electron chi connectivity index (χ2n) is 5.34. The quantitative estimate of drug-likeness (QED) is 0.674. The van der Waals surface area contributed by atoms with Gasteiger partial charge in [0.05, 0.1) is 7.11 Å². The third-order valence-electron chi connectivity index (χ3n) is 3.55. The van der Waals surface area contributed by atoms with E-state index >= 15 is 0 Å². The van der Waals surface area contributed by atoms with Gasteiger partial charge in [0.15, 0.2) is 5.60 Å². The number of hydrogen-bond donors (Lipinski definition) is 2. The predicted octanol–water partition coefficient (Wildman–Crippen LogP) is 0.374. The standard InChI is InChI=1S/C13H26N2O3/c1-11(15-7-5-4-6-8-15)9-14-10-13(2,17)12(16)18-3/h11,14,17H,4-10H2,1-3H3. The Bertz CT molecular complexity index is 263. The van der Waals surface area contributed by atoms with E-state index in [0.717, 1.165) is 19.6 Å². The smallest absolute Gasteiger partial charge is 0.338 e. The number of ether oxygens (including phenoxy) is 1. The van der Waals surface area contributed by atoms with Crippen LogP contribution in [0.4, 0.5) is 0 Å². The van der Waals surface area contributed by atoms with Gasteiger partial charge in [-0.3, -0.25) is 4.90 Å². The minimum atomic E-state index is -1.45. The Morgan fingerprint density at radius 2 is 2.06 bits per heavy atom. The molecular formula is C13H26N2O3. The Labute approximate surface area is 109 Å². The molecule has 0 spiro atoms. The lowest BCUT2D eigenvalue weighted by molar-refractivity contribution is -0.159. The number of nitrogens with zero attached hydrogens (tertiary/aromatic N) is 1. The fourth-order valence-corrected chi connectivity index (χ4v) is 2.30. The highest BCUT2D eigenvalue weighted by Crippen LogP contribution is 2.11. The highest BCUT2D eigenvalue weighted by atomic mass is 16.5. The summed E-state index contributed by atoms with van der Waals surface area (Å²) < 4.78 is 4.55. The molecule has 2 atom stereocenters. The average molecular weight is 258 g/mol. The zero-order valence-electron chi connectivity index (χ0n) is 11.7. The number of esters is 1. The first kappa shape index (κ1) is 15.4. The van der Waals surface area contributed by atoms with Gasteiger partial charge in [-0.2, -0.15) is 0 Å². The zero-order chi connectivity index (χ0) is 13.6. The summed E-state index contributed by atoms with van der Waals surface area (Å²) in [5, 5.41) is 13.0. The summed E-state index contributed by atoms with van der Waals surface area (Å²) >= 11 is 0. The van der Waals surface area contributed by atoms with Crippen molar-refractivity contribution in [3.8, 4) is 0 Å². The largest absolute Gasteiger partial charge is 0.467 e. The molecule has 0 radical (unpaired) electrons. The lowest BCUT2D eigenvalue weighted by Gasteiger charge is -2.33. The number of aliphatic hydroxyl groups is 1. The number of likely N-dealkylation sites (tertiary alicyclic amines) is 1. The highest BCUT2D eigenvalue weighted by molar-refractivity contribution is 5.78. The fourth-order valence-electron chi connectivity index (χ4n) is 2.30. The van der Waals surface area contributed by atoms with Crippen molar-refractivity contribution in [3.63, 3.8) is 0 Å². The van der Waals surface area contributed by atoms with Gasteiger partial charge in [-0.05, 0) is 39.8 Å². The number of carbonyl (C=O) groups is 1. The van der Waals surface area contributed by atoms with Crippen molar-refractivity contribution in [2.45, 2.75) is 44.8 Å². The minimum absolute atomic E-state index is 0.220. The Kier molecular flexibility index (Phi) is 6.05.